The first kappa shape index (κ1) is 5.94. The van der Waals surface area contributed by atoms with Gasteiger partial charge >= 0.3 is 0 Å². The van der Waals surface area contributed by atoms with Crippen LogP contribution in [0.2, 0.25) is 0 Å². The van der Waals surface area contributed by atoms with E-state index in [1.165, 1.54) is 6.08 Å². The highest BCUT2D eigenvalue weighted by atomic mass is 16.1. The molecule has 1 rings (SSSR count). The summed E-state index contributed by atoms with van der Waals surface area (Å²) in [6.07, 6.45) is 1.34. The van der Waals surface area contributed by atoms with Gasteiger partial charge in [0, 0.05) is 19.2 Å². The summed E-state index contributed by atoms with van der Waals surface area (Å²) in [6, 6.07) is 0. The van der Waals surface area contributed by atoms with Crippen LogP contribution in [0.25, 0.3) is 0 Å². The van der Waals surface area contributed by atoms with Gasteiger partial charge in [-0.25, -0.2) is 0 Å². The molecule has 0 radical (unpaired) electrons. The average Bonchev–Trinajstić information content (AvgIpc) is 2.15. The minimum atomic E-state index is -0.424. The summed E-state index contributed by atoms with van der Waals surface area (Å²) in [4.78, 5) is 10.2. The van der Waals surface area contributed by atoms with E-state index in [1.54, 1.807) is 0 Å². The number of primary amides is 1. The first-order chi connectivity index (χ1) is 4.29. The summed E-state index contributed by atoms with van der Waals surface area (Å²) < 4.78 is 0. The average molecular weight is 127 g/mol. The molecule has 1 saturated heterocycles. The maximum Gasteiger partial charge on any atom is 0.245 e. The third kappa shape index (κ3) is 1.64. The molecule has 0 aromatic heterocycles. The Balaban J connectivity index is 2.49. The maximum atomic E-state index is 10.2. The van der Waals surface area contributed by atoms with E-state index in [9.17, 15) is 4.79 Å². The van der Waals surface area contributed by atoms with Crippen molar-refractivity contribution in [3.8, 4) is 0 Å². The van der Waals surface area contributed by atoms with Crippen LogP contribution in [0.15, 0.2) is 11.9 Å². The van der Waals surface area contributed by atoms with Gasteiger partial charge in [0.1, 0.15) is 5.82 Å². The van der Waals surface area contributed by atoms with Crippen molar-refractivity contribution in [3.05, 3.63) is 11.9 Å². The lowest BCUT2D eigenvalue weighted by Gasteiger charge is -1.94. The fourth-order valence-corrected chi connectivity index (χ4v) is 0.701. The lowest BCUT2D eigenvalue weighted by Crippen LogP contribution is -2.16. The summed E-state index contributed by atoms with van der Waals surface area (Å²) >= 11 is 0. The van der Waals surface area contributed by atoms with E-state index in [0.29, 0.717) is 0 Å². The Kier molecular flexibility index (Phi) is 1.58. The maximum absolute atomic E-state index is 10.2. The number of rotatable bonds is 1. The topological polar surface area (TPSA) is 67.2 Å². The number of hydrogen-bond acceptors (Lipinski definition) is 3. The Morgan fingerprint density at radius 3 is 2.56 bits per heavy atom. The van der Waals surface area contributed by atoms with Crippen molar-refractivity contribution in [2.75, 3.05) is 13.1 Å². The Morgan fingerprint density at radius 1 is 1.56 bits per heavy atom. The second kappa shape index (κ2) is 2.39. The number of nitrogens with two attached hydrogens (primary N) is 1. The molecule has 1 aliphatic rings. The number of amides is 1. The van der Waals surface area contributed by atoms with E-state index in [-0.39, 0.29) is 0 Å². The molecule has 0 spiro atoms. The van der Waals surface area contributed by atoms with Gasteiger partial charge < -0.3 is 16.4 Å². The Morgan fingerprint density at radius 2 is 2.11 bits per heavy atom. The lowest BCUT2D eigenvalue weighted by molar-refractivity contribution is -0.113. The molecule has 0 saturated carbocycles. The summed E-state index contributed by atoms with van der Waals surface area (Å²) in [5.74, 6) is 0.300. The Labute approximate surface area is 53.1 Å². The molecule has 0 aromatic carbocycles. The molecule has 4 heteroatoms. The van der Waals surface area contributed by atoms with E-state index in [4.69, 9.17) is 5.73 Å². The number of carbonyl (C=O) groups excluding carboxylic acids is 1. The largest absolute Gasteiger partial charge is 0.370 e. The molecule has 0 unspecified atom stereocenters. The van der Waals surface area contributed by atoms with Gasteiger partial charge in [0.05, 0.1) is 0 Å². The van der Waals surface area contributed by atoms with E-state index in [2.05, 4.69) is 10.6 Å². The van der Waals surface area contributed by atoms with Gasteiger partial charge in [-0.05, 0) is 0 Å². The molecule has 0 bridgehead atoms. The zero-order valence-electron chi connectivity index (χ0n) is 4.98. The highest BCUT2D eigenvalue weighted by Crippen LogP contribution is 1.86. The van der Waals surface area contributed by atoms with Gasteiger partial charge in [-0.2, -0.15) is 0 Å². The van der Waals surface area contributed by atoms with Crippen molar-refractivity contribution in [3.63, 3.8) is 0 Å². The van der Waals surface area contributed by atoms with E-state index < -0.39 is 5.91 Å². The monoisotopic (exact) mass is 127 g/mol. The van der Waals surface area contributed by atoms with Crippen LogP contribution in [-0.4, -0.2) is 19.0 Å². The van der Waals surface area contributed by atoms with Crippen LogP contribution in [0.1, 0.15) is 0 Å². The fraction of sp³-hybridized carbons (Fsp3) is 0.400. The van der Waals surface area contributed by atoms with Crippen molar-refractivity contribution in [1.29, 1.82) is 0 Å². The molecule has 4 N–H and O–H groups in total. The van der Waals surface area contributed by atoms with Crippen LogP contribution in [0.5, 0.6) is 0 Å². The Hall–Kier alpha value is -1.19. The van der Waals surface area contributed by atoms with Crippen LogP contribution in [0.4, 0.5) is 0 Å². The highest BCUT2D eigenvalue weighted by molar-refractivity contribution is 5.86. The van der Waals surface area contributed by atoms with Crippen LogP contribution in [-0.2, 0) is 4.79 Å². The molecule has 0 atom stereocenters. The molecule has 0 aromatic rings. The Bertz CT molecular complexity index is 144. The molecular formula is C5H9N3O. The van der Waals surface area contributed by atoms with E-state index >= 15 is 0 Å². The van der Waals surface area contributed by atoms with E-state index in [0.717, 1.165) is 18.9 Å². The number of hydrogen-bond donors (Lipinski definition) is 3. The van der Waals surface area contributed by atoms with Crippen molar-refractivity contribution >= 4 is 5.91 Å². The predicted octanol–water partition coefficient (Wildman–Crippen LogP) is -1.49. The molecule has 9 heavy (non-hydrogen) atoms. The zero-order chi connectivity index (χ0) is 6.69. The van der Waals surface area contributed by atoms with Crippen LogP contribution >= 0.6 is 0 Å². The van der Waals surface area contributed by atoms with Crippen LogP contribution in [0.3, 0.4) is 0 Å². The fourth-order valence-electron chi connectivity index (χ4n) is 0.701. The van der Waals surface area contributed by atoms with Crippen molar-refractivity contribution < 1.29 is 4.79 Å². The smallest absolute Gasteiger partial charge is 0.245 e. The van der Waals surface area contributed by atoms with Gasteiger partial charge in [0.25, 0.3) is 0 Å². The van der Waals surface area contributed by atoms with Crippen LogP contribution < -0.4 is 16.4 Å². The number of nitrogens with one attached hydrogen (secondary N) is 2. The first-order valence-corrected chi connectivity index (χ1v) is 2.78. The normalized spacial score (nSPS) is 16.2. The molecule has 1 fully saturated rings. The summed E-state index contributed by atoms with van der Waals surface area (Å²) in [7, 11) is 0. The van der Waals surface area contributed by atoms with Gasteiger partial charge in [0.15, 0.2) is 0 Å². The number of carbonyl (C=O) groups is 1. The summed E-state index contributed by atoms with van der Waals surface area (Å²) in [5, 5.41) is 5.87. The molecule has 0 aliphatic carbocycles. The van der Waals surface area contributed by atoms with E-state index in [1.807, 2.05) is 0 Å². The third-order valence-corrected chi connectivity index (χ3v) is 1.04. The predicted molar refractivity (Wildman–Crippen MR) is 33.3 cm³/mol. The molecular weight excluding hydrogens is 118 g/mol. The SMILES string of the molecule is NC(=O)C=C1NCCN1. The quantitative estimate of drug-likeness (QED) is 0.376. The molecule has 1 aliphatic heterocycles. The minimum Gasteiger partial charge on any atom is -0.370 e. The van der Waals surface area contributed by atoms with Crippen LogP contribution in [0, 0.1) is 0 Å². The van der Waals surface area contributed by atoms with Gasteiger partial charge in [0.2, 0.25) is 5.91 Å². The standard InChI is InChI=1S/C5H9N3O/c6-4(9)3-5-7-1-2-8-5/h3,7-8H,1-2H2,(H2,6,9). The highest BCUT2D eigenvalue weighted by Gasteiger charge is 2.02. The summed E-state index contributed by atoms with van der Waals surface area (Å²) in [6.45, 7) is 1.72. The van der Waals surface area contributed by atoms with Crippen molar-refractivity contribution in [2.24, 2.45) is 5.73 Å². The van der Waals surface area contributed by atoms with Crippen molar-refractivity contribution in [2.45, 2.75) is 0 Å². The molecule has 1 heterocycles. The summed E-state index contributed by atoms with van der Waals surface area (Å²) in [5.41, 5.74) is 4.88. The third-order valence-electron chi connectivity index (χ3n) is 1.04. The van der Waals surface area contributed by atoms with Gasteiger partial charge in [-0.15, -0.1) is 0 Å². The molecule has 4 nitrogen and oxygen atoms in total. The van der Waals surface area contributed by atoms with Gasteiger partial charge in [-0.1, -0.05) is 0 Å². The lowest BCUT2D eigenvalue weighted by atomic mass is 10.5. The second-order valence-corrected chi connectivity index (χ2v) is 1.81. The molecule has 1 amide bonds. The second-order valence-electron chi connectivity index (χ2n) is 1.81. The zero-order valence-corrected chi connectivity index (χ0v) is 4.98. The minimum absolute atomic E-state index is 0.424. The first-order valence-electron chi connectivity index (χ1n) is 2.78. The van der Waals surface area contributed by atoms with Crippen molar-refractivity contribution in [1.82, 2.24) is 10.6 Å². The molecule has 50 valence electrons. The van der Waals surface area contributed by atoms with Gasteiger partial charge in [-0.3, -0.25) is 4.79 Å².